The van der Waals surface area contributed by atoms with Crippen LogP contribution in [0.4, 0.5) is 5.69 Å². The number of nitrogens with zero attached hydrogens (tertiary/aromatic N) is 1. The number of rotatable bonds is 1. The summed E-state index contributed by atoms with van der Waals surface area (Å²) < 4.78 is 0. The SMILES string of the molecule is Cc1ccccc1N=C1CCC(=O)C1=CO. The Morgan fingerprint density at radius 3 is 2.75 bits per heavy atom. The van der Waals surface area contributed by atoms with Crippen molar-refractivity contribution in [2.75, 3.05) is 0 Å². The zero-order chi connectivity index (χ0) is 11.5. The van der Waals surface area contributed by atoms with Crippen LogP contribution in [0.25, 0.3) is 0 Å². The summed E-state index contributed by atoms with van der Waals surface area (Å²) in [6.07, 6.45) is 1.92. The molecule has 16 heavy (non-hydrogen) atoms. The van der Waals surface area contributed by atoms with Gasteiger partial charge in [-0.05, 0) is 25.0 Å². The van der Waals surface area contributed by atoms with E-state index in [4.69, 9.17) is 5.11 Å². The topological polar surface area (TPSA) is 49.7 Å². The highest BCUT2D eigenvalue weighted by molar-refractivity contribution is 6.27. The zero-order valence-electron chi connectivity index (χ0n) is 9.10. The van der Waals surface area contributed by atoms with E-state index in [1.54, 1.807) is 0 Å². The molecule has 1 fully saturated rings. The van der Waals surface area contributed by atoms with Crippen molar-refractivity contribution in [2.24, 2.45) is 4.99 Å². The van der Waals surface area contributed by atoms with Crippen LogP contribution in [-0.2, 0) is 4.79 Å². The maximum Gasteiger partial charge on any atom is 0.168 e. The molecule has 0 spiro atoms. The molecule has 0 aromatic heterocycles. The summed E-state index contributed by atoms with van der Waals surface area (Å²) in [5, 5.41) is 8.99. The first-order valence-corrected chi connectivity index (χ1v) is 5.23. The van der Waals surface area contributed by atoms with Crippen LogP contribution in [-0.4, -0.2) is 16.6 Å². The van der Waals surface area contributed by atoms with Gasteiger partial charge in [0.1, 0.15) is 0 Å². The van der Waals surface area contributed by atoms with E-state index in [0.29, 0.717) is 24.1 Å². The second-order valence-electron chi connectivity index (χ2n) is 3.81. The number of aliphatic hydroxyl groups excluding tert-OH is 1. The fraction of sp³-hybridized carbons (Fsp3) is 0.231. The maximum absolute atomic E-state index is 11.4. The number of carbonyl (C=O) groups is 1. The Bertz CT molecular complexity index is 486. The summed E-state index contributed by atoms with van der Waals surface area (Å²) in [6, 6.07) is 7.73. The Balaban J connectivity index is 2.39. The Hall–Kier alpha value is -1.90. The first-order valence-electron chi connectivity index (χ1n) is 5.23. The van der Waals surface area contributed by atoms with Crippen molar-refractivity contribution in [1.29, 1.82) is 0 Å². The number of hydrogen-bond donors (Lipinski definition) is 1. The molecule has 0 saturated heterocycles. The molecule has 1 aromatic carbocycles. The quantitative estimate of drug-likeness (QED) is 0.578. The van der Waals surface area contributed by atoms with Crippen molar-refractivity contribution in [3.8, 4) is 0 Å². The molecule has 0 heterocycles. The molecular formula is C13H13NO2. The molecule has 0 amide bonds. The Kier molecular flexibility index (Phi) is 2.86. The van der Waals surface area contributed by atoms with Crippen molar-refractivity contribution in [2.45, 2.75) is 19.8 Å². The maximum atomic E-state index is 11.4. The number of benzene rings is 1. The molecule has 1 N–H and O–H groups in total. The van der Waals surface area contributed by atoms with Gasteiger partial charge < -0.3 is 5.11 Å². The number of aliphatic imine (C=N–C) groups is 1. The molecule has 0 unspecified atom stereocenters. The van der Waals surface area contributed by atoms with Crippen LogP contribution in [0.2, 0.25) is 0 Å². The molecule has 0 radical (unpaired) electrons. The molecular weight excluding hydrogens is 202 g/mol. The van der Waals surface area contributed by atoms with Crippen LogP contribution >= 0.6 is 0 Å². The van der Waals surface area contributed by atoms with Gasteiger partial charge in [-0.2, -0.15) is 0 Å². The van der Waals surface area contributed by atoms with Gasteiger partial charge in [0.15, 0.2) is 5.78 Å². The second kappa shape index (κ2) is 4.31. The van der Waals surface area contributed by atoms with E-state index in [-0.39, 0.29) is 5.78 Å². The summed E-state index contributed by atoms with van der Waals surface area (Å²) in [6.45, 7) is 1.97. The Morgan fingerprint density at radius 2 is 2.06 bits per heavy atom. The van der Waals surface area contributed by atoms with Crippen LogP contribution in [0.3, 0.4) is 0 Å². The Labute approximate surface area is 94.1 Å². The first kappa shape index (κ1) is 10.6. The lowest BCUT2D eigenvalue weighted by molar-refractivity contribution is -0.114. The molecule has 0 atom stereocenters. The van der Waals surface area contributed by atoms with Crippen molar-refractivity contribution in [1.82, 2.24) is 0 Å². The Morgan fingerprint density at radius 1 is 1.31 bits per heavy atom. The summed E-state index contributed by atoms with van der Waals surface area (Å²) in [7, 11) is 0. The lowest BCUT2D eigenvalue weighted by Gasteiger charge is -2.01. The minimum Gasteiger partial charge on any atom is -0.515 e. The highest BCUT2D eigenvalue weighted by Crippen LogP contribution is 2.24. The van der Waals surface area contributed by atoms with Crippen LogP contribution in [0.5, 0.6) is 0 Å². The normalized spacial score (nSPS) is 20.9. The van der Waals surface area contributed by atoms with E-state index in [1.165, 1.54) is 0 Å². The number of hydrogen-bond acceptors (Lipinski definition) is 3. The van der Waals surface area contributed by atoms with Gasteiger partial charge in [0.2, 0.25) is 0 Å². The highest BCUT2D eigenvalue weighted by Gasteiger charge is 2.24. The first-order chi connectivity index (χ1) is 7.72. The molecule has 1 aliphatic carbocycles. The van der Waals surface area contributed by atoms with Crippen molar-refractivity contribution in [3.05, 3.63) is 41.7 Å². The number of allylic oxidation sites excluding steroid dienone is 1. The zero-order valence-corrected chi connectivity index (χ0v) is 9.10. The van der Waals surface area contributed by atoms with E-state index in [1.807, 2.05) is 31.2 Å². The van der Waals surface area contributed by atoms with Gasteiger partial charge in [-0.25, -0.2) is 0 Å². The highest BCUT2D eigenvalue weighted by atomic mass is 16.2. The van der Waals surface area contributed by atoms with Gasteiger partial charge in [-0.15, -0.1) is 0 Å². The number of aryl methyl sites for hydroxylation is 1. The number of para-hydroxylation sites is 1. The third-order valence-corrected chi connectivity index (χ3v) is 2.70. The van der Waals surface area contributed by atoms with Gasteiger partial charge in [-0.3, -0.25) is 9.79 Å². The van der Waals surface area contributed by atoms with Gasteiger partial charge in [0.05, 0.1) is 23.2 Å². The third-order valence-electron chi connectivity index (χ3n) is 2.70. The second-order valence-corrected chi connectivity index (χ2v) is 3.81. The fourth-order valence-electron chi connectivity index (χ4n) is 1.76. The third kappa shape index (κ3) is 1.89. The lowest BCUT2D eigenvalue weighted by atomic mass is 10.2. The van der Waals surface area contributed by atoms with Crippen molar-refractivity contribution >= 4 is 17.2 Å². The average Bonchev–Trinajstić information content (AvgIpc) is 2.63. The number of Topliss-reactive ketones (excluding diaryl/α,β-unsaturated/α-hetero) is 1. The summed E-state index contributed by atoms with van der Waals surface area (Å²) in [5.74, 6) is -0.0326. The lowest BCUT2D eigenvalue weighted by Crippen LogP contribution is -1.99. The molecule has 0 aliphatic heterocycles. The van der Waals surface area contributed by atoms with E-state index in [9.17, 15) is 4.79 Å². The van der Waals surface area contributed by atoms with Crippen molar-refractivity contribution < 1.29 is 9.90 Å². The number of aliphatic hydroxyl groups is 1. The molecule has 1 aromatic rings. The summed E-state index contributed by atoms with van der Waals surface area (Å²) in [5.41, 5.74) is 2.95. The van der Waals surface area contributed by atoms with Gasteiger partial charge >= 0.3 is 0 Å². The molecule has 82 valence electrons. The predicted molar refractivity (Wildman–Crippen MR) is 63.2 cm³/mol. The van der Waals surface area contributed by atoms with Crippen LogP contribution in [0.1, 0.15) is 18.4 Å². The average molecular weight is 215 g/mol. The smallest absolute Gasteiger partial charge is 0.168 e. The fourth-order valence-corrected chi connectivity index (χ4v) is 1.76. The molecule has 3 nitrogen and oxygen atoms in total. The predicted octanol–water partition coefficient (Wildman–Crippen LogP) is 2.87. The molecule has 3 heteroatoms. The molecule has 0 bridgehead atoms. The number of carbonyl (C=O) groups excluding carboxylic acids is 1. The van der Waals surface area contributed by atoms with E-state index >= 15 is 0 Å². The van der Waals surface area contributed by atoms with E-state index < -0.39 is 0 Å². The van der Waals surface area contributed by atoms with Gasteiger partial charge in [0, 0.05) is 6.42 Å². The summed E-state index contributed by atoms with van der Waals surface area (Å²) >= 11 is 0. The standard InChI is InChI=1S/C13H13NO2/c1-9-4-2-3-5-11(9)14-12-6-7-13(16)10(12)8-15/h2-5,8,15H,6-7H2,1H3. The largest absolute Gasteiger partial charge is 0.515 e. The molecule has 1 saturated carbocycles. The van der Waals surface area contributed by atoms with Gasteiger partial charge in [0.25, 0.3) is 0 Å². The van der Waals surface area contributed by atoms with Crippen LogP contribution < -0.4 is 0 Å². The van der Waals surface area contributed by atoms with E-state index in [2.05, 4.69) is 4.99 Å². The number of ketones is 1. The summed E-state index contributed by atoms with van der Waals surface area (Å²) in [4.78, 5) is 15.8. The van der Waals surface area contributed by atoms with Crippen molar-refractivity contribution in [3.63, 3.8) is 0 Å². The molecule has 2 rings (SSSR count). The van der Waals surface area contributed by atoms with Gasteiger partial charge in [-0.1, -0.05) is 18.2 Å². The van der Waals surface area contributed by atoms with Crippen LogP contribution in [0, 0.1) is 6.92 Å². The van der Waals surface area contributed by atoms with E-state index in [0.717, 1.165) is 17.5 Å². The minimum atomic E-state index is -0.0326. The van der Waals surface area contributed by atoms with Crippen LogP contribution in [0.15, 0.2) is 41.1 Å². The minimum absolute atomic E-state index is 0.0326. The molecule has 1 aliphatic rings. The monoisotopic (exact) mass is 215 g/mol.